The first-order valence-corrected chi connectivity index (χ1v) is 6.43. The Morgan fingerprint density at radius 2 is 1.93 bits per heavy atom. The van der Waals surface area contributed by atoms with Crippen molar-refractivity contribution in [1.82, 2.24) is 4.90 Å². The predicted octanol–water partition coefficient (Wildman–Crippen LogP) is 2.52. The summed E-state index contributed by atoms with van der Waals surface area (Å²) in [4.78, 5) is 2.57. The lowest BCUT2D eigenvalue weighted by molar-refractivity contribution is 0.0527. The number of piperidine rings is 1. The van der Waals surface area contributed by atoms with Crippen molar-refractivity contribution in [1.29, 1.82) is 0 Å². The summed E-state index contributed by atoms with van der Waals surface area (Å²) in [7, 11) is 0. The van der Waals surface area contributed by atoms with Crippen molar-refractivity contribution >= 4 is 0 Å². The minimum atomic E-state index is 0.199. The van der Waals surface area contributed by atoms with Crippen molar-refractivity contribution in [3.05, 3.63) is 0 Å². The number of hydrogen-bond acceptors (Lipinski definition) is 2. The van der Waals surface area contributed by atoms with Crippen molar-refractivity contribution in [2.24, 2.45) is 11.3 Å². The Balaban J connectivity index is 2.25. The molecule has 0 bridgehead atoms. The molecule has 0 aromatic rings. The molecule has 0 aromatic carbocycles. The van der Waals surface area contributed by atoms with Crippen LogP contribution in [0.2, 0.25) is 0 Å². The number of aliphatic hydroxyl groups excluding tert-OH is 1. The summed E-state index contributed by atoms with van der Waals surface area (Å²) in [6, 6.07) is 0. The first-order valence-electron chi connectivity index (χ1n) is 6.43. The molecule has 1 aliphatic heterocycles. The summed E-state index contributed by atoms with van der Waals surface area (Å²) < 4.78 is 0. The van der Waals surface area contributed by atoms with Crippen LogP contribution < -0.4 is 0 Å². The first kappa shape index (κ1) is 13.0. The minimum absolute atomic E-state index is 0.199. The van der Waals surface area contributed by atoms with E-state index in [1.807, 2.05) is 0 Å². The van der Waals surface area contributed by atoms with Crippen LogP contribution in [0.25, 0.3) is 0 Å². The molecule has 1 N–H and O–H groups in total. The van der Waals surface area contributed by atoms with Crippen LogP contribution in [-0.4, -0.2) is 36.2 Å². The summed E-state index contributed by atoms with van der Waals surface area (Å²) in [5.41, 5.74) is 0.199. The topological polar surface area (TPSA) is 23.5 Å². The molecule has 1 fully saturated rings. The average Bonchev–Trinajstić information content (AvgIpc) is 2.22. The Morgan fingerprint density at radius 3 is 2.40 bits per heavy atom. The molecule has 0 saturated carbocycles. The molecule has 0 radical (unpaired) electrons. The smallest absolute Gasteiger partial charge is 0.0485 e. The lowest BCUT2D eigenvalue weighted by Crippen LogP contribution is -2.42. The third-order valence-corrected chi connectivity index (χ3v) is 3.80. The summed E-state index contributed by atoms with van der Waals surface area (Å²) in [6.07, 6.45) is 4.95. The highest BCUT2D eigenvalue weighted by Gasteiger charge is 2.29. The zero-order valence-corrected chi connectivity index (χ0v) is 10.6. The SMILES string of the molecule is CCCC(C)CN1CCC(C)(CO)CC1. The predicted molar refractivity (Wildman–Crippen MR) is 64.9 cm³/mol. The van der Waals surface area contributed by atoms with Gasteiger partial charge < -0.3 is 10.0 Å². The molecule has 0 spiro atoms. The Kier molecular flexibility index (Phi) is 5.07. The van der Waals surface area contributed by atoms with Crippen molar-refractivity contribution < 1.29 is 5.11 Å². The molecule has 2 nitrogen and oxygen atoms in total. The fraction of sp³-hybridized carbons (Fsp3) is 1.00. The van der Waals surface area contributed by atoms with Crippen LogP contribution in [0.5, 0.6) is 0 Å². The van der Waals surface area contributed by atoms with Crippen LogP contribution >= 0.6 is 0 Å². The van der Waals surface area contributed by atoms with E-state index in [4.69, 9.17) is 0 Å². The van der Waals surface area contributed by atoms with Gasteiger partial charge in [-0.1, -0.05) is 27.2 Å². The largest absolute Gasteiger partial charge is 0.396 e. The van der Waals surface area contributed by atoms with Crippen molar-refractivity contribution in [3.63, 3.8) is 0 Å². The molecular weight excluding hydrogens is 186 g/mol. The van der Waals surface area contributed by atoms with Crippen molar-refractivity contribution in [2.45, 2.75) is 46.5 Å². The maximum absolute atomic E-state index is 9.28. The van der Waals surface area contributed by atoms with Gasteiger partial charge in [-0.2, -0.15) is 0 Å². The van der Waals surface area contributed by atoms with Gasteiger partial charge in [-0.25, -0.2) is 0 Å². The zero-order chi connectivity index (χ0) is 11.3. The molecule has 0 amide bonds. The molecule has 1 unspecified atom stereocenters. The molecule has 0 aromatic heterocycles. The van der Waals surface area contributed by atoms with E-state index in [0.29, 0.717) is 6.61 Å². The van der Waals surface area contributed by atoms with E-state index < -0.39 is 0 Å². The average molecular weight is 213 g/mol. The molecular formula is C13H27NO. The highest BCUT2D eigenvalue weighted by atomic mass is 16.3. The van der Waals surface area contributed by atoms with Crippen LogP contribution in [0.15, 0.2) is 0 Å². The van der Waals surface area contributed by atoms with E-state index >= 15 is 0 Å². The first-order chi connectivity index (χ1) is 7.09. The standard InChI is InChI=1S/C13H27NO/c1-4-5-12(2)10-14-8-6-13(3,11-15)7-9-14/h12,15H,4-11H2,1-3H3. The van der Waals surface area contributed by atoms with Gasteiger partial charge in [0.1, 0.15) is 0 Å². The van der Waals surface area contributed by atoms with Gasteiger partial charge in [-0.05, 0) is 43.7 Å². The quantitative estimate of drug-likeness (QED) is 0.758. The highest BCUT2D eigenvalue weighted by molar-refractivity contribution is 4.82. The van der Waals surface area contributed by atoms with Gasteiger partial charge in [0.05, 0.1) is 0 Å². The summed E-state index contributed by atoms with van der Waals surface area (Å²) >= 11 is 0. The van der Waals surface area contributed by atoms with Gasteiger partial charge in [0.25, 0.3) is 0 Å². The Hall–Kier alpha value is -0.0800. The van der Waals surface area contributed by atoms with Gasteiger partial charge in [0.15, 0.2) is 0 Å². The number of rotatable bonds is 5. The molecule has 2 heteroatoms. The lowest BCUT2D eigenvalue weighted by Gasteiger charge is -2.39. The highest BCUT2D eigenvalue weighted by Crippen LogP contribution is 2.30. The van der Waals surface area contributed by atoms with E-state index in [2.05, 4.69) is 25.7 Å². The summed E-state index contributed by atoms with van der Waals surface area (Å²) in [5, 5.41) is 9.28. The van der Waals surface area contributed by atoms with E-state index in [0.717, 1.165) is 18.8 Å². The van der Waals surface area contributed by atoms with E-state index in [1.165, 1.54) is 32.5 Å². The second-order valence-electron chi connectivity index (χ2n) is 5.66. The fourth-order valence-corrected chi connectivity index (χ4v) is 2.46. The molecule has 15 heavy (non-hydrogen) atoms. The van der Waals surface area contributed by atoms with Gasteiger partial charge in [0, 0.05) is 13.2 Å². The Labute approximate surface area is 94.7 Å². The van der Waals surface area contributed by atoms with Gasteiger partial charge in [-0.3, -0.25) is 0 Å². The fourth-order valence-electron chi connectivity index (χ4n) is 2.46. The molecule has 1 saturated heterocycles. The minimum Gasteiger partial charge on any atom is -0.396 e. The number of aliphatic hydroxyl groups is 1. The van der Waals surface area contributed by atoms with Gasteiger partial charge in [0.2, 0.25) is 0 Å². The summed E-state index contributed by atoms with van der Waals surface area (Å²) in [5.74, 6) is 0.827. The maximum Gasteiger partial charge on any atom is 0.0485 e. The van der Waals surface area contributed by atoms with Crippen LogP contribution in [0, 0.1) is 11.3 Å². The number of likely N-dealkylation sites (tertiary alicyclic amines) is 1. The van der Waals surface area contributed by atoms with Crippen LogP contribution in [0.4, 0.5) is 0 Å². The normalized spacial score (nSPS) is 24.0. The van der Waals surface area contributed by atoms with Gasteiger partial charge in [-0.15, -0.1) is 0 Å². The van der Waals surface area contributed by atoms with E-state index in [-0.39, 0.29) is 5.41 Å². The molecule has 1 atom stereocenters. The lowest BCUT2D eigenvalue weighted by atomic mass is 9.81. The molecule has 1 heterocycles. The van der Waals surface area contributed by atoms with Crippen LogP contribution in [0.3, 0.4) is 0 Å². The second-order valence-corrected chi connectivity index (χ2v) is 5.66. The molecule has 1 rings (SSSR count). The zero-order valence-electron chi connectivity index (χ0n) is 10.6. The van der Waals surface area contributed by atoms with Gasteiger partial charge >= 0.3 is 0 Å². The molecule has 0 aliphatic carbocycles. The van der Waals surface area contributed by atoms with Crippen molar-refractivity contribution in [3.8, 4) is 0 Å². The monoisotopic (exact) mass is 213 g/mol. The second kappa shape index (κ2) is 5.86. The molecule has 90 valence electrons. The molecule has 1 aliphatic rings. The third kappa shape index (κ3) is 4.12. The maximum atomic E-state index is 9.28. The third-order valence-electron chi connectivity index (χ3n) is 3.80. The van der Waals surface area contributed by atoms with E-state index in [1.54, 1.807) is 0 Å². The van der Waals surface area contributed by atoms with E-state index in [9.17, 15) is 5.11 Å². The Morgan fingerprint density at radius 1 is 1.33 bits per heavy atom. The van der Waals surface area contributed by atoms with Crippen LogP contribution in [-0.2, 0) is 0 Å². The summed E-state index contributed by atoms with van der Waals surface area (Å²) in [6.45, 7) is 10.8. The number of nitrogens with zero attached hydrogens (tertiary/aromatic N) is 1. The number of hydrogen-bond donors (Lipinski definition) is 1. The Bertz CT molecular complexity index is 173. The van der Waals surface area contributed by atoms with Crippen molar-refractivity contribution in [2.75, 3.05) is 26.2 Å². The van der Waals surface area contributed by atoms with Crippen LogP contribution in [0.1, 0.15) is 46.5 Å².